The van der Waals surface area contributed by atoms with Gasteiger partial charge in [-0.05, 0) is 0 Å². The van der Waals surface area contributed by atoms with Gasteiger partial charge in [-0.15, -0.1) is 0 Å². The van der Waals surface area contributed by atoms with Gasteiger partial charge in [0.05, 0.1) is 6.10 Å². The number of hydrogen-bond acceptors (Lipinski definition) is 3. The van der Waals surface area contributed by atoms with Crippen LogP contribution in [0.5, 0.6) is 0 Å². The normalized spacial score (nSPS) is 13.0. The first-order valence-corrected chi connectivity index (χ1v) is 3.95. The van der Waals surface area contributed by atoms with Crippen molar-refractivity contribution >= 4 is 15.9 Å². The summed E-state index contributed by atoms with van der Waals surface area (Å²) in [5.41, 5.74) is 0.736. The molecule has 0 radical (unpaired) electrons. The number of nitrogens with zero attached hydrogens (tertiary/aromatic N) is 2. The number of rotatable bonds is 2. The van der Waals surface area contributed by atoms with Gasteiger partial charge < -0.3 is 5.11 Å². The molecule has 1 rings (SSSR count). The number of alkyl halides is 1. The maximum Gasteiger partial charge on any atom is 0.115 e. The molecule has 0 saturated carbocycles. The van der Waals surface area contributed by atoms with Crippen LogP contribution in [0.2, 0.25) is 0 Å². The molecule has 1 aromatic heterocycles. The summed E-state index contributed by atoms with van der Waals surface area (Å²) >= 11 is 3.15. The van der Waals surface area contributed by atoms with Crippen LogP contribution in [-0.2, 0) is 0 Å². The van der Waals surface area contributed by atoms with E-state index in [1.165, 1.54) is 6.33 Å². The van der Waals surface area contributed by atoms with Gasteiger partial charge in [-0.1, -0.05) is 15.9 Å². The molecule has 1 unspecified atom stereocenters. The molecule has 0 saturated heterocycles. The van der Waals surface area contributed by atoms with Crippen molar-refractivity contribution in [3.8, 4) is 0 Å². The van der Waals surface area contributed by atoms with Crippen LogP contribution in [0.25, 0.3) is 0 Å². The Morgan fingerprint density at radius 3 is 2.60 bits per heavy atom. The third-order valence-corrected chi connectivity index (χ3v) is 1.72. The molecule has 1 atom stereocenters. The van der Waals surface area contributed by atoms with Crippen molar-refractivity contribution in [1.82, 2.24) is 9.97 Å². The zero-order valence-corrected chi connectivity index (χ0v) is 6.82. The molecule has 3 nitrogen and oxygen atoms in total. The van der Waals surface area contributed by atoms with Crippen LogP contribution in [0.3, 0.4) is 0 Å². The van der Waals surface area contributed by atoms with Gasteiger partial charge in [-0.25, -0.2) is 9.97 Å². The fraction of sp³-hybridized carbons (Fsp3) is 0.333. The first kappa shape index (κ1) is 7.63. The summed E-state index contributed by atoms with van der Waals surface area (Å²) in [7, 11) is 0. The number of aromatic nitrogens is 2. The molecule has 54 valence electrons. The van der Waals surface area contributed by atoms with Crippen LogP contribution < -0.4 is 0 Å². The Bertz CT molecular complexity index is 192. The summed E-state index contributed by atoms with van der Waals surface area (Å²) in [5.74, 6) is 0. The van der Waals surface area contributed by atoms with Gasteiger partial charge in [0.2, 0.25) is 0 Å². The Labute approximate surface area is 67.3 Å². The van der Waals surface area contributed by atoms with Gasteiger partial charge in [0, 0.05) is 23.3 Å². The van der Waals surface area contributed by atoms with Gasteiger partial charge in [0.1, 0.15) is 6.33 Å². The van der Waals surface area contributed by atoms with Crippen molar-refractivity contribution in [3.05, 3.63) is 24.3 Å². The SMILES string of the molecule is OC(CBr)c1cncnc1. The molecule has 4 heteroatoms. The fourth-order valence-corrected chi connectivity index (χ4v) is 0.946. The average molecular weight is 203 g/mol. The summed E-state index contributed by atoms with van der Waals surface area (Å²) in [5, 5.41) is 9.72. The van der Waals surface area contributed by atoms with E-state index in [-0.39, 0.29) is 0 Å². The van der Waals surface area contributed by atoms with Crippen molar-refractivity contribution in [2.45, 2.75) is 6.10 Å². The van der Waals surface area contributed by atoms with Crippen LogP contribution >= 0.6 is 15.9 Å². The molecule has 0 amide bonds. The highest BCUT2D eigenvalue weighted by Gasteiger charge is 2.03. The van der Waals surface area contributed by atoms with E-state index < -0.39 is 6.10 Å². The molecule has 0 aliphatic rings. The number of hydrogen-bond donors (Lipinski definition) is 1. The van der Waals surface area contributed by atoms with Crippen molar-refractivity contribution < 1.29 is 5.11 Å². The van der Waals surface area contributed by atoms with Crippen molar-refractivity contribution in [2.75, 3.05) is 5.33 Å². The predicted octanol–water partition coefficient (Wildman–Crippen LogP) is 0.905. The van der Waals surface area contributed by atoms with Crippen molar-refractivity contribution in [2.24, 2.45) is 0 Å². The maximum absolute atomic E-state index is 9.20. The third-order valence-electron chi connectivity index (χ3n) is 1.11. The minimum atomic E-state index is -0.499. The zero-order chi connectivity index (χ0) is 7.40. The molecule has 0 bridgehead atoms. The molecular formula is C6H7BrN2O. The van der Waals surface area contributed by atoms with E-state index in [0.717, 1.165) is 5.56 Å². The smallest absolute Gasteiger partial charge is 0.115 e. The topological polar surface area (TPSA) is 46.0 Å². The second-order valence-corrected chi connectivity index (χ2v) is 2.49. The largest absolute Gasteiger partial charge is 0.387 e. The predicted molar refractivity (Wildman–Crippen MR) is 40.8 cm³/mol. The zero-order valence-electron chi connectivity index (χ0n) is 5.24. The fourth-order valence-electron chi connectivity index (χ4n) is 0.572. The molecule has 0 aromatic carbocycles. The second-order valence-electron chi connectivity index (χ2n) is 1.84. The molecule has 0 aliphatic carbocycles. The third kappa shape index (κ3) is 1.75. The maximum atomic E-state index is 9.20. The van der Waals surface area contributed by atoms with Crippen molar-refractivity contribution in [1.29, 1.82) is 0 Å². The molecular weight excluding hydrogens is 196 g/mol. The van der Waals surface area contributed by atoms with Gasteiger partial charge in [-0.2, -0.15) is 0 Å². The highest BCUT2D eigenvalue weighted by Crippen LogP contribution is 2.11. The Hall–Kier alpha value is -0.480. The summed E-state index contributed by atoms with van der Waals surface area (Å²) in [6.45, 7) is 0. The molecule has 1 heterocycles. The lowest BCUT2D eigenvalue weighted by Crippen LogP contribution is -1.98. The molecule has 0 aliphatic heterocycles. The van der Waals surface area contributed by atoms with Crippen LogP contribution in [0, 0.1) is 0 Å². The van der Waals surface area contributed by atoms with E-state index in [4.69, 9.17) is 0 Å². The van der Waals surface area contributed by atoms with Crippen LogP contribution in [0.4, 0.5) is 0 Å². The number of aliphatic hydroxyl groups excluding tert-OH is 1. The first-order chi connectivity index (χ1) is 4.84. The van der Waals surface area contributed by atoms with Crippen LogP contribution in [0.15, 0.2) is 18.7 Å². The van der Waals surface area contributed by atoms with E-state index in [2.05, 4.69) is 25.9 Å². The first-order valence-electron chi connectivity index (χ1n) is 2.83. The van der Waals surface area contributed by atoms with Gasteiger partial charge in [-0.3, -0.25) is 0 Å². The number of halogens is 1. The van der Waals surface area contributed by atoms with Gasteiger partial charge >= 0.3 is 0 Å². The summed E-state index contributed by atoms with van der Waals surface area (Å²) in [4.78, 5) is 7.52. The Balaban J connectivity index is 2.75. The second kappa shape index (κ2) is 3.63. The van der Waals surface area contributed by atoms with E-state index in [9.17, 15) is 5.11 Å². The van der Waals surface area contributed by atoms with E-state index in [1.807, 2.05) is 0 Å². The van der Waals surface area contributed by atoms with E-state index in [1.54, 1.807) is 12.4 Å². The highest BCUT2D eigenvalue weighted by atomic mass is 79.9. The summed E-state index contributed by atoms with van der Waals surface area (Å²) in [6, 6.07) is 0. The number of aliphatic hydroxyl groups is 1. The molecule has 0 spiro atoms. The average Bonchev–Trinajstić information content (AvgIpc) is 2.05. The van der Waals surface area contributed by atoms with E-state index in [0.29, 0.717) is 5.33 Å². The summed E-state index contributed by atoms with van der Waals surface area (Å²) < 4.78 is 0. The van der Waals surface area contributed by atoms with E-state index >= 15 is 0 Å². The highest BCUT2D eigenvalue weighted by molar-refractivity contribution is 9.09. The minimum absolute atomic E-state index is 0.499. The molecule has 1 aromatic rings. The lowest BCUT2D eigenvalue weighted by atomic mass is 10.2. The Morgan fingerprint density at radius 2 is 2.10 bits per heavy atom. The standard InChI is InChI=1S/C6H7BrN2O/c7-1-6(10)5-2-8-4-9-3-5/h2-4,6,10H,1H2. The molecule has 1 N–H and O–H groups in total. The Kier molecular flexibility index (Phi) is 2.77. The lowest BCUT2D eigenvalue weighted by Gasteiger charge is -2.03. The quantitative estimate of drug-likeness (QED) is 0.726. The van der Waals surface area contributed by atoms with Gasteiger partial charge in [0.15, 0.2) is 0 Å². The minimum Gasteiger partial charge on any atom is -0.387 e. The Morgan fingerprint density at radius 1 is 1.50 bits per heavy atom. The van der Waals surface area contributed by atoms with Gasteiger partial charge in [0.25, 0.3) is 0 Å². The lowest BCUT2D eigenvalue weighted by molar-refractivity contribution is 0.204. The molecule has 0 fully saturated rings. The van der Waals surface area contributed by atoms with Crippen LogP contribution in [-0.4, -0.2) is 20.4 Å². The summed E-state index contributed by atoms with van der Waals surface area (Å²) in [6.07, 6.45) is 4.13. The monoisotopic (exact) mass is 202 g/mol. The molecule has 10 heavy (non-hydrogen) atoms. The van der Waals surface area contributed by atoms with Crippen LogP contribution in [0.1, 0.15) is 11.7 Å². The van der Waals surface area contributed by atoms with Crippen molar-refractivity contribution in [3.63, 3.8) is 0 Å².